The average molecular weight is 406 g/mol. The van der Waals surface area contributed by atoms with E-state index >= 15 is 0 Å². The largest absolute Gasteiger partial charge is 0.311 e. The van der Waals surface area contributed by atoms with Crippen LogP contribution in [-0.4, -0.2) is 24.3 Å². The summed E-state index contributed by atoms with van der Waals surface area (Å²) < 4.78 is 0. The Kier molecular flexibility index (Phi) is 5.68. The molecule has 0 saturated carbocycles. The van der Waals surface area contributed by atoms with Gasteiger partial charge in [0.2, 0.25) is 11.8 Å². The average Bonchev–Trinajstić information content (AvgIpc) is 3.04. The minimum Gasteiger partial charge on any atom is -0.311 e. The third kappa shape index (κ3) is 4.07. The maximum atomic E-state index is 12.4. The Bertz CT molecular complexity index is 917. The van der Waals surface area contributed by atoms with E-state index in [1.165, 1.54) is 0 Å². The lowest BCUT2D eigenvalue weighted by molar-refractivity contribution is -0.126. The van der Waals surface area contributed by atoms with Gasteiger partial charge in [-0.05, 0) is 36.8 Å². The third-order valence-corrected chi connectivity index (χ3v) is 5.18. The minimum atomic E-state index is -0.581. The number of anilines is 1. The zero-order valence-electron chi connectivity index (χ0n) is 14.5. The Balaban J connectivity index is 1.63. The lowest BCUT2D eigenvalue weighted by atomic mass is 10.1. The number of amides is 3. The number of nitrogens with zero attached hydrogens (tertiary/aromatic N) is 1. The SMILES string of the molecule is Cc1c(Cl)cccc1N1C[C@H](C(=O)NNC(=O)c2ccccc2Cl)CC1=O. The number of nitrogens with one attached hydrogen (secondary N) is 2. The van der Waals surface area contributed by atoms with E-state index in [4.69, 9.17) is 23.2 Å². The molecule has 8 heteroatoms. The van der Waals surface area contributed by atoms with Crippen molar-refractivity contribution in [2.75, 3.05) is 11.4 Å². The first-order valence-corrected chi connectivity index (χ1v) is 9.04. The van der Waals surface area contributed by atoms with Gasteiger partial charge in [-0.3, -0.25) is 25.2 Å². The second kappa shape index (κ2) is 7.98. The van der Waals surface area contributed by atoms with E-state index in [1.54, 1.807) is 47.4 Å². The Morgan fingerprint density at radius 2 is 1.74 bits per heavy atom. The first-order valence-electron chi connectivity index (χ1n) is 8.28. The molecule has 2 N–H and O–H groups in total. The number of hydrazine groups is 1. The molecule has 6 nitrogen and oxygen atoms in total. The number of carbonyl (C=O) groups is 3. The molecule has 0 spiro atoms. The van der Waals surface area contributed by atoms with Gasteiger partial charge in [0.1, 0.15) is 0 Å². The molecule has 0 unspecified atom stereocenters. The molecule has 0 aromatic heterocycles. The number of rotatable bonds is 3. The van der Waals surface area contributed by atoms with E-state index in [1.807, 2.05) is 6.92 Å². The summed E-state index contributed by atoms with van der Waals surface area (Å²) in [5, 5.41) is 0.836. The van der Waals surface area contributed by atoms with Crippen molar-refractivity contribution in [3.63, 3.8) is 0 Å². The van der Waals surface area contributed by atoms with Crippen molar-refractivity contribution in [1.82, 2.24) is 10.9 Å². The summed E-state index contributed by atoms with van der Waals surface area (Å²) in [6.07, 6.45) is 0.0553. The molecule has 1 fully saturated rings. The van der Waals surface area contributed by atoms with Crippen molar-refractivity contribution in [2.24, 2.45) is 5.92 Å². The molecular weight excluding hydrogens is 389 g/mol. The van der Waals surface area contributed by atoms with E-state index < -0.39 is 17.7 Å². The maximum Gasteiger partial charge on any atom is 0.271 e. The van der Waals surface area contributed by atoms with Gasteiger partial charge in [0.15, 0.2) is 0 Å². The molecule has 1 saturated heterocycles. The van der Waals surface area contributed by atoms with Gasteiger partial charge in [0.25, 0.3) is 5.91 Å². The van der Waals surface area contributed by atoms with Crippen LogP contribution in [0.3, 0.4) is 0 Å². The smallest absolute Gasteiger partial charge is 0.271 e. The monoisotopic (exact) mass is 405 g/mol. The summed E-state index contributed by atoms with van der Waals surface area (Å²) in [4.78, 5) is 38.4. The van der Waals surface area contributed by atoms with Gasteiger partial charge < -0.3 is 4.90 Å². The van der Waals surface area contributed by atoms with Gasteiger partial charge in [-0.25, -0.2) is 0 Å². The molecule has 1 atom stereocenters. The summed E-state index contributed by atoms with van der Waals surface area (Å²) in [5.41, 5.74) is 6.41. The fourth-order valence-corrected chi connectivity index (χ4v) is 3.33. The Hall–Kier alpha value is -2.57. The molecule has 0 aliphatic carbocycles. The Labute approximate surface area is 166 Å². The number of hydrogen-bond donors (Lipinski definition) is 2. The lowest BCUT2D eigenvalue weighted by Gasteiger charge is -2.19. The number of benzene rings is 2. The second-order valence-corrected chi connectivity index (χ2v) is 7.03. The van der Waals surface area contributed by atoms with E-state index in [2.05, 4.69) is 10.9 Å². The summed E-state index contributed by atoms with van der Waals surface area (Å²) in [5.74, 6) is -1.72. The lowest BCUT2D eigenvalue weighted by Crippen LogP contribution is -2.45. The molecule has 3 amide bonds. The zero-order valence-corrected chi connectivity index (χ0v) is 16.0. The van der Waals surface area contributed by atoms with Crippen molar-refractivity contribution in [2.45, 2.75) is 13.3 Å². The molecule has 140 valence electrons. The van der Waals surface area contributed by atoms with Crippen LogP contribution in [0.1, 0.15) is 22.3 Å². The summed E-state index contributed by atoms with van der Waals surface area (Å²) in [7, 11) is 0. The second-order valence-electron chi connectivity index (χ2n) is 6.21. The van der Waals surface area contributed by atoms with Crippen LogP contribution in [0, 0.1) is 12.8 Å². The number of carbonyl (C=O) groups excluding carboxylic acids is 3. The normalized spacial score (nSPS) is 16.3. The molecule has 0 radical (unpaired) electrons. The number of halogens is 2. The van der Waals surface area contributed by atoms with E-state index in [-0.39, 0.29) is 29.5 Å². The highest BCUT2D eigenvalue weighted by atomic mass is 35.5. The third-order valence-electron chi connectivity index (χ3n) is 4.44. The van der Waals surface area contributed by atoms with Crippen LogP contribution >= 0.6 is 23.2 Å². The van der Waals surface area contributed by atoms with Gasteiger partial charge >= 0.3 is 0 Å². The van der Waals surface area contributed by atoms with Crippen molar-refractivity contribution >= 4 is 46.6 Å². The number of hydrogen-bond acceptors (Lipinski definition) is 3. The summed E-state index contributed by atoms with van der Waals surface area (Å²) >= 11 is 12.1. The van der Waals surface area contributed by atoms with E-state index in [9.17, 15) is 14.4 Å². The van der Waals surface area contributed by atoms with Gasteiger partial charge in [-0.1, -0.05) is 41.4 Å². The Morgan fingerprint density at radius 3 is 2.48 bits per heavy atom. The van der Waals surface area contributed by atoms with Crippen molar-refractivity contribution in [3.8, 4) is 0 Å². The first-order chi connectivity index (χ1) is 12.9. The molecule has 1 aliphatic heterocycles. The minimum absolute atomic E-state index is 0.0553. The van der Waals surface area contributed by atoms with Gasteiger partial charge in [-0.15, -0.1) is 0 Å². The Morgan fingerprint density at radius 1 is 1.04 bits per heavy atom. The van der Waals surface area contributed by atoms with E-state index in [0.29, 0.717) is 10.7 Å². The quantitative estimate of drug-likeness (QED) is 0.769. The molecule has 27 heavy (non-hydrogen) atoms. The highest BCUT2D eigenvalue weighted by molar-refractivity contribution is 6.33. The zero-order chi connectivity index (χ0) is 19.6. The fourth-order valence-electron chi connectivity index (χ4n) is 2.94. The predicted octanol–water partition coefficient (Wildman–Crippen LogP) is 3.12. The van der Waals surface area contributed by atoms with Crippen molar-refractivity contribution in [3.05, 3.63) is 63.6 Å². The van der Waals surface area contributed by atoms with Crippen LogP contribution in [0.25, 0.3) is 0 Å². The van der Waals surface area contributed by atoms with Crippen molar-refractivity contribution in [1.29, 1.82) is 0 Å². The van der Waals surface area contributed by atoms with Gasteiger partial charge in [-0.2, -0.15) is 0 Å². The predicted molar refractivity (Wildman–Crippen MR) is 104 cm³/mol. The molecule has 2 aromatic carbocycles. The highest BCUT2D eigenvalue weighted by Crippen LogP contribution is 2.31. The molecule has 1 aliphatic rings. The van der Waals surface area contributed by atoms with Crippen LogP contribution in [0.5, 0.6) is 0 Å². The molecule has 3 rings (SSSR count). The molecule has 2 aromatic rings. The van der Waals surface area contributed by atoms with Gasteiger partial charge in [0.05, 0.1) is 16.5 Å². The van der Waals surface area contributed by atoms with E-state index in [0.717, 1.165) is 5.56 Å². The standard InChI is InChI=1S/C19H17Cl2N3O3/c1-11-14(20)7-4-8-16(11)24-10-12(9-17(24)25)18(26)22-23-19(27)13-5-2-3-6-15(13)21/h2-8,12H,9-10H2,1H3,(H,22,26)(H,23,27)/t12-/m1/s1. The van der Waals surface area contributed by atoms with Crippen LogP contribution < -0.4 is 15.8 Å². The topological polar surface area (TPSA) is 78.5 Å². The van der Waals surface area contributed by atoms with Crippen LogP contribution in [0.2, 0.25) is 10.0 Å². The van der Waals surface area contributed by atoms with Crippen LogP contribution in [-0.2, 0) is 9.59 Å². The maximum absolute atomic E-state index is 12.4. The molecule has 0 bridgehead atoms. The van der Waals surface area contributed by atoms with Crippen molar-refractivity contribution < 1.29 is 14.4 Å². The fraction of sp³-hybridized carbons (Fsp3) is 0.211. The van der Waals surface area contributed by atoms with Crippen LogP contribution in [0.4, 0.5) is 5.69 Å². The summed E-state index contributed by atoms with van der Waals surface area (Å²) in [6, 6.07) is 11.8. The summed E-state index contributed by atoms with van der Waals surface area (Å²) in [6.45, 7) is 2.04. The highest BCUT2D eigenvalue weighted by Gasteiger charge is 2.36. The van der Waals surface area contributed by atoms with Gasteiger partial charge in [0, 0.05) is 23.7 Å². The van der Waals surface area contributed by atoms with Crippen LogP contribution in [0.15, 0.2) is 42.5 Å². The first kappa shape index (κ1) is 19.2. The molecular formula is C19H17Cl2N3O3. The molecule has 1 heterocycles.